The fourth-order valence-corrected chi connectivity index (χ4v) is 5.59. The molecule has 0 unspecified atom stereocenters. The van der Waals surface area contributed by atoms with Crippen LogP contribution in [-0.4, -0.2) is 96.3 Å². The molecule has 6 aromatic heterocycles. The molecule has 0 N–H and O–H groups in total. The summed E-state index contributed by atoms with van der Waals surface area (Å²) in [6, 6.07) is 9.25. The van der Waals surface area contributed by atoms with Crippen molar-refractivity contribution in [2.24, 2.45) is 0 Å². The molecule has 64 heavy (non-hydrogen) atoms. The number of halogens is 9. The first-order valence-corrected chi connectivity index (χ1v) is 19.2. The molecular formula is C40H48BBrF8N8O6. The second-order valence-electron chi connectivity index (χ2n) is 14.6. The summed E-state index contributed by atoms with van der Waals surface area (Å²) < 4.78 is 138. The largest absolute Gasteiger partial charge is 0.496 e. The molecule has 24 heteroatoms. The van der Waals surface area contributed by atoms with Crippen LogP contribution < -0.4 is 14.9 Å². The summed E-state index contributed by atoms with van der Waals surface area (Å²) >= 11 is 3.39. The molecule has 0 bridgehead atoms. The first-order valence-electron chi connectivity index (χ1n) is 18.4. The molecule has 1 saturated heterocycles. The summed E-state index contributed by atoms with van der Waals surface area (Å²) in [5, 5.41) is 15.9. The fourth-order valence-electron chi connectivity index (χ4n) is 5.25. The van der Waals surface area contributed by atoms with Crippen molar-refractivity contribution in [1.82, 2.24) is 39.2 Å². The Kier molecular flexibility index (Phi) is 17.7. The van der Waals surface area contributed by atoms with Gasteiger partial charge >= 0.3 is 19.5 Å². The lowest BCUT2D eigenvalue weighted by Gasteiger charge is -2.32. The number of aromatic nitrogens is 8. The molecule has 1 aliphatic rings. The van der Waals surface area contributed by atoms with Gasteiger partial charge in [0.2, 0.25) is 0 Å². The van der Waals surface area contributed by atoms with Crippen LogP contribution in [0.3, 0.4) is 0 Å². The number of hydrogen-bond donors (Lipinski definition) is 0. The lowest BCUT2D eigenvalue weighted by atomic mass is 9.80. The number of nitrogens with zero attached hydrogens (tertiary/aromatic N) is 8. The predicted molar refractivity (Wildman–Crippen MR) is 224 cm³/mol. The molecule has 0 aromatic carbocycles. The van der Waals surface area contributed by atoms with Gasteiger partial charge in [0.1, 0.15) is 13.2 Å². The van der Waals surface area contributed by atoms with Crippen molar-refractivity contribution in [2.45, 2.75) is 105 Å². The Morgan fingerprint density at radius 1 is 0.672 bits per heavy atom. The van der Waals surface area contributed by atoms with Gasteiger partial charge in [-0.25, -0.2) is 18.7 Å². The Hall–Kier alpha value is -5.04. The van der Waals surface area contributed by atoms with Crippen molar-refractivity contribution >= 4 is 39.8 Å². The zero-order valence-electron chi connectivity index (χ0n) is 34.3. The summed E-state index contributed by atoms with van der Waals surface area (Å²) in [7, 11) is 2.31. The van der Waals surface area contributed by atoms with Gasteiger partial charge in [0.05, 0.1) is 11.2 Å². The Morgan fingerprint density at radius 3 is 1.58 bits per heavy atom. The van der Waals surface area contributed by atoms with Gasteiger partial charge in [-0.15, -0.1) is 20.4 Å². The number of methoxy groups -OCH3 is 2. The van der Waals surface area contributed by atoms with Gasteiger partial charge in [-0.3, -0.25) is 8.80 Å². The molecule has 14 nitrogen and oxygen atoms in total. The van der Waals surface area contributed by atoms with Crippen molar-refractivity contribution in [3.63, 3.8) is 0 Å². The average Bonchev–Trinajstić information content (AvgIpc) is 3.85. The summed E-state index contributed by atoms with van der Waals surface area (Å²) in [6.45, 7) is 9.60. The van der Waals surface area contributed by atoms with E-state index in [-0.39, 0.29) is 26.9 Å². The van der Waals surface area contributed by atoms with Gasteiger partial charge in [-0.05, 0) is 93.9 Å². The van der Waals surface area contributed by atoms with E-state index >= 15 is 0 Å². The van der Waals surface area contributed by atoms with E-state index in [0.717, 1.165) is 41.9 Å². The third-order valence-corrected chi connectivity index (χ3v) is 9.92. The van der Waals surface area contributed by atoms with Gasteiger partial charge in [-0.1, -0.05) is 14.9 Å². The molecule has 0 radical (unpaired) electrons. The van der Waals surface area contributed by atoms with Crippen molar-refractivity contribution in [1.29, 1.82) is 0 Å². The standard InChI is InChI=1S/C16H14F4N4O2.C14H18BF4NO3.C8H8BrN3O.2CH4/c1-9(16(18,19)20)26-15-12(17)5-11(6-21-15)10-3-4-13-22-23-14(8-25-2)24(13)7-10;1-8(14(17,18)19)21-11-10(16)6-9(7-20-11)15-22-12(2,3)13(4,5)23-15;1-13-5-8-11-10-7-3-2-6(9)4-12(7)8;;/h3-7,9H,8H2,1-2H3;6-8H,1-5H3;2-4H,5H2,1H3;2*1H4/t9-;8-;;;/m00.../s1. The maximum absolute atomic E-state index is 14.1. The smallest absolute Gasteiger partial charge is 0.463 e. The summed E-state index contributed by atoms with van der Waals surface area (Å²) in [4.78, 5) is 7.29. The molecule has 0 amide bonds. The van der Waals surface area contributed by atoms with Crippen molar-refractivity contribution in [3.8, 4) is 22.9 Å². The zero-order chi connectivity index (χ0) is 45.8. The average molecular weight is 980 g/mol. The second-order valence-corrected chi connectivity index (χ2v) is 15.5. The van der Waals surface area contributed by atoms with Crippen LogP contribution in [0, 0.1) is 11.6 Å². The Bertz CT molecular complexity index is 2460. The van der Waals surface area contributed by atoms with Crippen LogP contribution in [0.2, 0.25) is 0 Å². The number of hydrogen-bond acceptors (Lipinski definition) is 12. The van der Waals surface area contributed by atoms with Crippen molar-refractivity contribution in [3.05, 3.63) is 88.9 Å². The molecule has 7 rings (SSSR count). The van der Waals surface area contributed by atoms with E-state index < -0.39 is 66.3 Å². The van der Waals surface area contributed by atoms with E-state index in [2.05, 4.69) is 55.8 Å². The monoisotopic (exact) mass is 978 g/mol. The van der Waals surface area contributed by atoms with E-state index in [1.165, 1.54) is 19.5 Å². The minimum Gasteiger partial charge on any atom is -0.463 e. The third-order valence-electron chi connectivity index (χ3n) is 9.45. The second kappa shape index (κ2) is 21.3. The van der Waals surface area contributed by atoms with E-state index in [9.17, 15) is 35.1 Å². The van der Waals surface area contributed by atoms with Gasteiger partial charge in [0.15, 0.2) is 46.8 Å². The lowest BCUT2D eigenvalue weighted by molar-refractivity contribution is -0.190. The third kappa shape index (κ3) is 12.8. The van der Waals surface area contributed by atoms with Crippen LogP contribution >= 0.6 is 15.9 Å². The highest BCUT2D eigenvalue weighted by Crippen LogP contribution is 2.37. The van der Waals surface area contributed by atoms with Gasteiger partial charge < -0.3 is 28.3 Å². The highest BCUT2D eigenvalue weighted by Gasteiger charge is 2.52. The lowest BCUT2D eigenvalue weighted by Crippen LogP contribution is -2.41. The van der Waals surface area contributed by atoms with Crippen LogP contribution in [0.25, 0.3) is 22.4 Å². The Morgan fingerprint density at radius 2 is 1.12 bits per heavy atom. The molecule has 0 aliphatic carbocycles. The quantitative estimate of drug-likeness (QED) is 0.0955. The highest BCUT2D eigenvalue weighted by atomic mass is 79.9. The topological polar surface area (TPSA) is 142 Å². The Balaban J connectivity index is 0.000000263. The molecule has 6 aromatic rings. The first kappa shape index (κ1) is 53.3. The zero-order valence-corrected chi connectivity index (χ0v) is 35.9. The van der Waals surface area contributed by atoms with Crippen LogP contribution in [0.1, 0.15) is 68.0 Å². The van der Waals surface area contributed by atoms with Gasteiger partial charge in [-0.2, -0.15) is 26.3 Å². The minimum atomic E-state index is -4.61. The number of ether oxygens (including phenoxy) is 4. The normalized spacial score (nSPS) is 15.2. The molecule has 7 heterocycles. The van der Waals surface area contributed by atoms with E-state index in [4.69, 9.17) is 18.8 Å². The maximum atomic E-state index is 14.1. The van der Waals surface area contributed by atoms with Crippen LogP contribution in [0.15, 0.2) is 65.7 Å². The molecule has 0 spiro atoms. The van der Waals surface area contributed by atoms with Gasteiger partial charge in [0, 0.05) is 60.1 Å². The van der Waals surface area contributed by atoms with E-state index in [1.807, 2.05) is 50.4 Å². The molecule has 1 aliphatic heterocycles. The van der Waals surface area contributed by atoms with Crippen LogP contribution in [-0.2, 0) is 32.0 Å². The number of alkyl halides is 6. The molecule has 2 atom stereocenters. The molecular weight excluding hydrogens is 931 g/mol. The van der Waals surface area contributed by atoms with E-state index in [1.54, 1.807) is 29.8 Å². The summed E-state index contributed by atoms with van der Waals surface area (Å²) in [6.07, 6.45) is -7.52. The molecule has 350 valence electrons. The summed E-state index contributed by atoms with van der Waals surface area (Å²) in [5.74, 6) is -2.05. The minimum absolute atomic E-state index is 0. The first-order chi connectivity index (χ1) is 28.9. The van der Waals surface area contributed by atoms with Crippen molar-refractivity contribution in [2.75, 3.05) is 14.2 Å². The van der Waals surface area contributed by atoms with Crippen molar-refractivity contribution < 1.29 is 63.4 Å². The number of fused-ring (bicyclic) bond motifs is 2. The molecule has 1 fully saturated rings. The van der Waals surface area contributed by atoms with E-state index in [0.29, 0.717) is 29.2 Å². The van der Waals surface area contributed by atoms with Crippen LogP contribution in [0.5, 0.6) is 11.8 Å². The summed E-state index contributed by atoms with van der Waals surface area (Å²) in [5.41, 5.74) is 1.39. The predicted octanol–water partition coefficient (Wildman–Crippen LogP) is 9.17. The van der Waals surface area contributed by atoms with Crippen LogP contribution in [0.4, 0.5) is 35.1 Å². The number of rotatable bonds is 10. The Labute approximate surface area is 372 Å². The molecule has 0 saturated carbocycles. The number of pyridine rings is 4. The SMILES string of the molecule is C.C.COCc1nnc2ccc(-c3cnc(O[C@@H](C)C(F)(F)F)c(F)c3)cn12.COCc1nnc2ccc(Br)cn12.C[C@H](Oc1ncc(B2OC(C)(C)C(C)(C)O2)cc1F)C(F)(F)F. The highest BCUT2D eigenvalue weighted by molar-refractivity contribution is 9.10. The fraction of sp³-hybridized carbons (Fsp3) is 0.450. The van der Waals surface area contributed by atoms with Gasteiger partial charge in [0.25, 0.3) is 11.8 Å². The maximum Gasteiger partial charge on any atom is 0.496 e.